The van der Waals surface area contributed by atoms with E-state index in [-0.39, 0.29) is 5.91 Å². The quantitative estimate of drug-likeness (QED) is 0.886. The van der Waals surface area contributed by atoms with Crippen LogP contribution in [0.2, 0.25) is 0 Å². The molecule has 6 nitrogen and oxygen atoms in total. The summed E-state index contributed by atoms with van der Waals surface area (Å²) >= 11 is 0. The summed E-state index contributed by atoms with van der Waals surface area (Å²) in [5.74, 6) is 1.58. The smallest absolute Gasteiger partial charge is 0.241 e. The zero-order valence-corrected chi connectivity index (χ0v) is 12.8. The number of rotatable bonds is 5. The Kier molecular flexibility index (Phi) is 4.95. The van der Waals surface area contributed by atoms with E-state index in [0.717, 1.165) is 11.3 Å². The first-order chi connectivity index (χ1) is 10.5. The summed E-state index contributed by atoms with van der Waals surface area (Å²) in [5, 5.41) is 2.66. The van der Waals surface area contributed by atoms with Crippen LogP contribution < -0.4 is 20.5 Å². The van der Waals surface area contributed by atoms with Gasteiger partial charge in [-0.2, -0.15) is 0 Å². The topological polar surface area (TPSA) is 86.5 Å². The Balaban J connectivity index is 2.10. The minimum Gasteiger partial charge on any atom is -0.496 e. The zero-order chi connectivity index (χ0) is 16.1. The third kappa shape index (κ3) is 3.73. The highest BCUT2D eigenvalue weighted by molar-refractivity contribution is 5.94. The minimum atomic E-state index is -0.574. The number of nitrogens with two attached hydrogens (primary N) is 1. The average molecular weight is 301 g/mol. The Labute approximate surface area is 129 Å². The highest BCUT2D eigenvalue weighted by Crippen LogP contribution is 2.30. The third-order valence-corrected chi connectivity index (χ3v) is 3.09. The van der Waals surface area contributed by atoms with Gasteiger partial charge in [-0.05, 0) is 32.0 Å². The van der Waals surface area contributed by atoms with E-state index in [2.05, 4.69) is 10.3 Å². The number of carbonyl (C=O) groups excluding carboxylic acids is 1. The number of anilines is 1. The molecule has 116 valence electrons. The van der Waals surface area contributed by atoms with Crippen LogP contribution in [0.3, 0.4) is 0 Å². The lowest BCUT2D eigenvalue weighted by Gasteiger charge is -2.11. The van der Waals surface area contributed by atoms with Gasteiger partial charge >= 0.3 is 0 Å². The zero-order valence-electron chi connectivity index (χ0n) is 12.8. The molecule has 0 saturated heterocycles. The molecule has 22 heavy (non-hydrogen) atoms. The minimum absolute atomic E-state index is 0.265. The molecule has 1 amide bonds. The first kappa shape index (κ1) is 15.8. The van der Waals surface area contributed by atoms with Crippen molar-refractivity contribution < 1.29 is 14.3 Å². The van der Waals surface area contributed by atoms with Crippen LogP contribution in [-0.2, 0) is 4.79 Å². The second-order valence-electron chi connectivity index (χ2n) is 4.85. The van der Waals surface area contributed by atoms with Crippen LogP contribution in [0, 0.1) is 6.92 Å². The van der Waals surface area contributed by atoms with Gasteiger partial charge in [-0.15, -0.1) is 0 Å². The van der Waals surface area contributed by atoms with Crippen molar-refractivity contribution in [1.29, 1.82) is 0 Å². The van der Waals surface area contributed by atoms with Gasteiger partial charge in [0.05, 0.1) is 25.0 Å². The first-order valence-electron chi connectivity index (χ1n) is 6.85. The number of nitrogens with zero attached hydrogens (tertiary/aromatic N) is 1. The molecule has 0 unspecified atom stereocenters. The number of amides is 1. The Morgan fingerprint density at radius 2 is 2.00 bits per heavy atom. The van der Waals surface area contributed by atoms with E-state index in [1.807, 2.05) is 25.1 Å². The number of methoxy groups -OCH3 is 1. The van der Waals surface area contributed by atoms with Crippen LogP contribution in [0.15, 0.2) is 36.5 Å². The van der Waals surface area contributed by atoms with Gasteiger partial charge in [-0.1, -0.05) is 6.07 Å². The highest BCUT2D eigenvalue weighted by atomic mass is 16.5. The fraction of sp³-hybridized carbons (Fsp3) is 0.250. The molecule has 3 N–H and O–H groups in total. The Morgan fingerprint density at radius 1 is 1.27 bits per heavy atom. The van der Waals surface area contributed by atoms with Crippen LogP contribution >= 0.6 is 0 Å². The number of hydrogen-bond acceptors (Lipinski definition) is 5. The third-order valence-electron chi connectivity index (χ3n) is 3.09. The lowest BCUT2D eigenvalue weighted by molar-refractivity contribution is -0.117. The van der Waals surface area contributed by atoms with Crippen molar-refractivity contribution >= 4 is 11.6 Å². The summed E-state index contributed by atoms with van der Waals surface area (Å²) < 4.78 is 11.0. The largest absolute Gasteiger partial charge is 0.496 e. The van der Waals surface area contributed by atoms with Crippen LogP contribution in [-0.4, -0.2) is 24.0 Å². The highest BCUT2D eigenvalue weighted by Gasteiger charge is 2.09. The van der Waals surface area contributed by atoms with E-state index < -0.39 is 6.04 Å². The van der Waals surface area contributed by atoms with E-state index >= 15 is 0 Å². The number of nitrogens with one attached hydrogen (secondary N) is 1. The van der Waals surface area contributed by atoms with Crippen LogP contribution in [0.25, 0.3) is 0 Å². The number of hydrogen-bond donors (Lipinski definition) is 2. The fourth-order valence-electron chi connectivity index (χ4n) is 1.81. The van der Waals surface area contributed by atoms with Crippen molar-refractivity contribution in [2.75, 3.05) is 12.4 Å². The molecular weight excluding hydrogens is 282 g/mol. The monoisotopic (exact) mass is 301 g/mol. The van der Waals surface area contributed by atoms with Gasteiger partial charge in [0.25, 0.3) is 0 Å². The molecule has 1 atom stereocenters. The van der Waals surface area contributed by atoms with Gasteiger partial charge in [0.15, 0.2) is 0 Å². The van der Waals surface area contributed by atoms with Gasteiger partial charge in [0.1, 0.15) is 11.5 Å². The van der Waals surface area contributed by atoms with Crippen LogP contribution in [0.5, 0.6) is 17.4 Å². The van der Waals surface area contributed by atoms with E-state index in [1.54, 1.807) is 26.2 Å². The van der Waals surface area contributed by atoms with Crippen molar-refractivity contribution in [1.82, 2.24) is 4.98 Å². The first-order valence-corrected chi connectivity index (χ1v) is 6.85. The standard InChI is InChI=1S/C16H19N3O3/c1-10-13(21-3)5-4-6-14(10)22-15-8-7-12(9-18-15)19-16(20)11(2)17/h4-9,11H,17H2,1-3H3,(H,19,20)/t11-/m1/s1. The molecule has 0 fully saturated rings. The van der Waals surface area contributed by atoms with Crippen LogP contribution in [0.4, 0.5) is 5.69 Å². The maximum Gasteiger partial charge on any atom is 0.241 e. The Morgan fingerprint density at radius 3 is 2.59 bits per heavy atom. The summed E-state index contributed by atoms with van der Waals surface area (Å²) in [6, 6.07) is 8.36. The molecule has 0 aliphatic carbocycles. The second kappa shape index (κ2) is 6.91. The number of benzene rings is 1. The van der Waals surface area contributed by atoms with Gasteiger partial charge in [-0.25, -0.2) is 4.98 Å². The predicted octanol–water partition coefficient (Wildman–Crippen LogP) is 2.48. The van der Waals surface area contributed by atoms with Gasteiger partial charge in [0, 0.05) is 11.6 Å². The molecule has 0 spiro atoms. The molecular formula is C16H19N3O3. The number of ether oxygens (including phenoxy) is 2. The second-order valence-corrected chi connectivity index (χ2v) is 4.85. The van der Waals surface area contributed by atoms with E-state index in [4.69, 9.17) is 15.2 Å². The molecule has 2 rings (SSSR count). The molecule has 6 heteroatoms. The van der Waals surface area contributed by atoms with Crippen molar-refractivity contribution in [3.63, 3.8) is 0 Å². The summed E-state index contributed by atoms with van der Waals surface area (Å²) in [6.45, 7) is 3.53. The predicted molar refractivity (Wildman–Crippen MR) is 84.3 cm³/mol. The molecule has 0 saturated carbocycles. The number of aromatic nitrogens is 1. The maximum absolute atomic E-state index is 11.5. The molecule has 0 radical (unpaired) electrons. The normalized spacial score (nSPS) is 11.6. The summed E-state index contributed by atoms with van der Waals surface area (Å²) in [5.41, 5.74) is 6.95. The van der Waals surface area contributed by atoms with Gasteiger partial charge < -0.3 is 20.5 Å². The molecule has 0 bridgehead atoms. The number of pyridine rings is 1. The molecule has 1 aromatic heterocycles. The van der Waals surface area contributed by atoms with Crippen molar-refractivity contribution in [3.8, 4) is 17.4 Å². The Hall–Kier alpha value is -2.60. The van der Waals surface area contributed by atoms with E-state index in [1.165, 1.54) is 6.20 Å². The van der Waals surface area contributed by atoms with E-state index in [0.29, 0.717) is 17.3 Å². The maximum atomic E-state index is 11.5. The lowest BCUT2D eigenvalue weighted by Crippen LogP contribution is -2.32. The summed E-state index contributed by atoms with van der Waals surface area (Å²) in [4.78, 5) is 15.7. The summed E-state index contributed by atoms with van der Waals surface area (Å²) in [6.07, 6.45) is 1.52. The van der Waals surface area contributed by atoms with E-state index in [9.17, 15) is 4.79 Å². The molecule has 0 aliphatic rings. The fourth-order valence-corrected chi connectivity index (χ4v) is 1.81. The van der Waals surface area contributed by atoms with Gasteiger partial charge in [0.2, 0.25) is 11.8 Å². The average Bonchev–Trinajstić information content (AvgIpc) is 2.51. The van der Waals surface area contributed by atoms with Gasteiger partial charge in [-0.3, -0.25) is 4.79 Å². The summed E-state index contributed by atoms with van der Waals surface area (Å²) in [7, 11) is 1.61. The molecule has 2 aromatic rings. The van der Waals surface area contributed by atoms with Crippen LogP contribution in [0.1, 0.15) is 12.5 Å². The molecule has 1 aromatic carbocycles. The SMILES string of the molecule is COc1cccc(Oc2ccc(NC(=O)[C@@H](C)N)cn2)c1C. The number of carbonyl (C=O) groups is 1. The van der Waals surface area contributed by atoms with Crippen molar-refractivity contribution in [2.45, 2.75) is 19.9 Å². The molecule has 1 heterocycles. The Bertz CT molecular complexity index is 654. The molecule has 0 aliphatic heterocycles. The van der Waals surface area contributed by atoms with Crippen molar-refractivity contribution in [2.24, 2.45) is 5.73 Å². The lowest BCUT2D eigenvalue weighted by atomic mass is 10.2. The van der Waals surface area contributed by atoms with Crippen molar-refractivity contribution in [3.05, 3.63) is 42.1 Å².